The summed E-state index contributed by atoms with van der Waals surface area (Å²) in [4.78, 5) is 0. The van der Waals surface area contributed by atoms with Gasteiger partial charge in [0.25, 0.3) is 0 Å². The summed E-state index contributed by atoms with van der Waals surface area (Å²) in [7, 11) is -2.22. The van der Waals surface area contributed by atoms with Crippen LogP contribution in [0.5, 0.6) is 0 Å². The second-order valence-electron chi connectivity index (χ2n) is 7.28. The highest BCUT2D eigenvalue weighted by atomic mass is 35.5. The molecule has 0 atom stereocenters. The third-order valence-electron chi connectivity index (χ3n) is 5.38. The second-order valence-corrected chi connectivity index (χ2v) is 11.2. The maximum absolute atomic E-state index is 13.2. The molecule has 164 valence electrons. The van der Waals surface area contributed by atoms with Gasteiger partial charge in [-0.1, -0.05) is 72.3 Å². The first kappa shape index (κ1) is 24.3. The highest BCUT2D eigenvalue weighted by Crippen LogP contribution is 2.58. The van der Waals surface area contributed by atoms with E-state index < -0.39 is 19.0 Å². The lowest BCUT2D eigenvalue weighted by Crippen LogP contribution is -3.00. The van der Waals surface area contributed by atoms with Crippen molar-refractivity contribution >= 4 is 34.8 Å². The van der Waals surface area contributed by atoms with Crippen molar-refractivity contribution in [1.82, 2.24) is 0 Å². The summed E-state index contributed by atoms with van der Waals surface area (Å²) in [5.74, 6) is 0. The van der Waals surface area contributed by atoms with E-state index in [-0.39, 0.29) is 17.4 Å². The molecule has 0 amide bonds. The molecule has 0 spiro atoms. The largest absolute Gasteiger partial charge is 1.00 e. The van der Waals surface area contributed by atoms with Crippen molar-refractivity contribution in [2.45, 2.75) is 12.3 Å². The van der Waals surface area contributed by atoms with Crippen molar-refractivity contribution < 1.29 is 25.6 Å². The molecule has 0 aliphatic rings. The number of alkyl halides is 3. The fraction of sp³-hybridized carbons (Fsp3) is 0.0769. The Hall–Kier alpha value is -2.32. The van der Waals surface area contributed by atoms with Gasteiger partial charge in [0.2, 0.25) is 0 Å². The zero-order chi connectivity index (χ0) is 21.9. The molecule has 4 aromatic rings. The molecule has 0 radical (unpaired) electrons. The lowest BCUT2D eigenvalue weighted by Gasteiger charge is -2.28. The molecule has 0 fully saturated rings. The highest BCUT2D eigenvalue weighted by Gasteiger charge is 2.46. The normalized spacial score (nSPS) is 11.6. The fourth-order valence-corrected chi connectivity index (χ4v) is 8.49. The monoisotopic (exact) mass is 490 g/mol. The molecule has 4 rings (SSSR count). The van der Waals surface area contributed by atoms with Crippen molar-refractivity contribution in [3.8, 4) is 0 Å². The molecule has 0 aliphatic carbocycles. The van der Waals surface area contributed by atoms with Gasteiger partial charge in [-0.3, -0.25) is 0 Å². The molecular weight excluding hydrogens is 471 g/mol. The summed E-state index contributed by atoms with van der Waals surface area (Å²) in [5, 5.41) is 3.61. The standard InChI is InChI=1S/C26H20ClF3P.ClH/c27-25-18-21(26(28,29)30)17-16-20(25)19-31(22-10-4-1-5-11-22,23-12-6-2-7-13-23)24-14-8-3-9-15-24;/h1-18H,19H2;1H/q+1;/p-1. The molecule has 4 aromatic carbocycles. The maximum Gasteiger partial charge on any atom is 0.416 e. The quantitative estimate of drug-likeness (QED) is 0.372. The van der Waals surface area contributed by atoms with Crippen LogP contribution >= 0.6 is 18.9 Å². The second kappa shape index (κ2) is 10.1. The van der Waals surface area contributed by atoms with Gasteiger partial charge in [0.05, 0.1) is 11.7 Å². The Morgan fingerprint density at radius 1 is 0.625 bits per heavy atom. The van der Waals surface area contributed by atoms with Crippen LogP contribution in [0.1, 0.15) is 11.1 Å². The van der Waals surface area contributed by atoms with Crippen molar-refractivity contribution in [3.63, 3.8) is 0 Å². The summed E-state index contributed by atoms with van der Waals surface area (Å²) in [6, 6.07) is 34.2. The van der Waals surface area contributed by atoms with Crippen molar-refractivity contribution in [2.75, 3.05) is 0 Å². The summed E-state index contributed by atoms with van der Waals surface area (Å²) in [6.45, 7) is 0. The molecule has 6 heteroatoms. The third kappa shape index (κ3) is 4.86. The Labute approximate surface area is 197 Å². The zero-order valence-corrected chi connectivity index (χ0v) is 19.3. The van der Waals surface area contributed by atoms with Gasteiger partial charge in [0.1, 0.15) is 23.2 Å². The number of rotatable bonds is 5. The van der Waals surface area contributed by atoms with Crippen LogP contribution in [-0.2, 0) is 12.3 Å². The van der Waals surface area contributed by atoms with Crippen LogP contribution in [0.25, 0.3) is 0 Å². The van der Waals surface area contributed by atoms with E-state index in [0.29, 0.717) is 11.7 Å². The van der Waals surface area contributed by atoms with Crippen LogP contribution in [0.4, 0.5) is 13.2 Å². The van der Waals surface area contributed by atoms with Gasteiger partial charge in [0, 0.05) is 10.6 Å². The number of hydrogen-bond acceptors (Lipinski definition) is 0. The minimum Gasteiger partial charge on any atom is -1.00 e. The average Bonchev–Trinajstić information content (AvgIpc) is 2.79. The molecule has 0 saturated heterocycles. The average molecular weight is 491 g/mol. The smallest absolute Gasteiger partial charge is 0.416 e. The Kier molecular flexibility index (Phi) is 7.67. The van der Waals surface area contributed by atoms with Gasteiger partial charge in [-0.25, -0.2) is 0 Å². The summed E-state index contributed by atoms with van der Waals surface area (Å²) >= 11 is 6.42. The van der Waals surface area contributed by atoms with Gasteiger partial charge in [0.15, 0.2) is 0 Å². The Balaban J connectivity index is 0.00000289. The first-order valence-electron chi connectivity index (χ1n) is 9.82. The van der Waals surface area contributed by atoms with Crippen LogP contribution in [0.3, 0.4) is 0 Å². The van der Waals surface area contributed by atoms with Crippen LogP contribution in [0.2, 0.25) is 5.02 Å². The Morgan fingerprint density at radius 3 is 1.38 bits per heavy atom. The van der Waals surface area contributed by atoms with E-state index in [0.717, 1.165) is 28.0 Å². The molecule has 0 aromatic heterocycles. The number of halogens is 5. The fourth-order valence-electron chi connectivity index (χ4n) is 3.88. The lowest BCUT2D eigenvalue weighted by molar-refractivity contribution is -0.137. The van der Waals surface area contributed by atoms with Crippen LogP contribution in [0.15, 0.2) is 109 Å². The van der Waals surface area contributed by atoms with E-state index in [1.807, 2.05) is 54.6 Å². The predicted molar refractivity (Wildman–Crippen MR) is 125 cm³/mol. The minimum absolute atomic E-state index is 0. The van der Waals surface area contributed by atoms with Gasteiger partial charge >= 0.3 is 6.18 Å². The number of benzene rings is 4. The van der Waals surface area contributed by atoms with Gasteiger partial charge in [-0.2, -0.15) is 13.2 Å². The molecule has 0 N–H and O–H groups in total. The van der Waals surface area contributed by atoms with Crippen LogP contribution in [-0.4, -0.2) is 0 Å². The van der Waals surface area contributed by atoms with E-state index in [1.165, 1.54) is 6.07 Å². The van der Waals surface area contributed by atoms with E-state index >= 15 is 0 Å². The van der Waals surface area contributed by atoms with Gasteiger partial charge in [-0.15, -0.1) is 0 Å². The maximum atomic E-state index is 13.2. The first-order valence-corrected chi connectivity index (χ1v) is 12.2. The molecule has 0 bridgehead atoms. The van der Waals surface area contributed by atoms with E-state index in [4.69, 9.17) is 11.6 Å². The lowest BCUT2D eigenvalue weighted by atomic mass is 10.1. The Bertz CT molecular complexity index is 1050. The molecule has 0 nitrogen and oxygen atoms in total. The van der Waals surface area contributed by atoms with Gasteiger partial charge < -0.3 is 12.4 Å². The van der Waals surface area contributed by atoms with E-state index in [1.54, 1.807) is 0 Å². The molecule has 0 saturated carbocycles. The van der Waals surface area contributed by atoms with Crippen molar-refractivity contribution in [1.29, 1.82) is 0 Å². The zero-order valence-electron chi connectivity index (χ0n) is 16.9. The Morgan fingerprint density at radius 2 is 1.03 bits per heavy atom. The SMILES string of the molecule is FC(F)(F)c1ccc(C[P+](c2ccccc2)(c2ccccc2)c2ccccc2)c(Cl)c1.[Cl-]. The minimum atomic E-state index is -4.42. The third-order valence-corrected chi connectivity index (χ3v) is 10.1. The summed E-state index contributed by atoms with van der Waals surface area (Å²) in [5.41, 5.74) is -0.0242. The van der Waals surface area contributed by atoms with E-state index in [9.17, 15) is 13.2 Å². The van der Waals surface area contributed by atoms with Gasteiger partial charge in [-0.05, 0) is 48.5 Å². The number of hydrogen-bond donors (Lipinski definition) is 0. The summed E-state index contributed by atoms with van der Waals surface area (Å²) in [6.07, 6.45) is -3.89. The van der Waals surface area contributed by atoms with Crippen LogP contribution < -0.4 is 28.3 Å². The molecule has 0 heterocycles. The predicted octanol–water partition coefficient (Wildman–Crippen LogP) is 3.86. The van der Waals surface area contributed by atoms with Crippen molar-refractivity contribution in [2.24, 2.45) is 0 Å². The van der Waals surface area contributed by atoms with Crippen molar-refractivity contribution in [3.05, 3.63) is 125 Å². The van der Waals surface area contributed by atoms with Crippen LogP contribution in [0, 0.1) is 0 Å². The highest BCUT2D eigenvalue weighted by molar-refractivity contribution is 7.95. The summed E-state index contributed by atoms with van der Waals surface area (Å²) < 4.78 is 39.5. The molecule has 32 heavy (non-hydrogen) atoms. The topological polar surface area (TPSA) is 0 Å². The molecule has 0 aliphatic heterocycles. The molecule has 0 unspecified atom stereocenters. The van der Waals surface area contributed by atoms with E-state index in [2.05, 4.69) is 36.4 Å². The first-order chi connectivity index (χ1) is 14.9. The molecular formula is C26H20Cl2F3P.